The lowest BCUT2D eigenvalue weighted by Gasteiger charge is -2.39. The van der Waals surface area contributed by atoms with Crippen LogP contribution in [0.5, 0.6) is 0 Å². The normalized spacial score (nSPS) is 22.3. The van der Waals surface area contributed by atoms with Crippen LogP contribution in [-0.2, 0) is 9.53 Å². The van der Waals surface area contributed by atoms with Crippen molar-refractivity contribution in [2.24, 2.45) is 5.73 Å². The Morgan fingerprint density at radius 3 is 2.56 bits per heavy atom. The van der Waals surface area contributed by atoms with E-state index < -0.39 is 0 Å². The standard InChI is InChI=1S/C5H10N2O2/c6-1-5(7-4-8)2-9-3-5/h4H,1-3,6H2,(H,7,8). The first-order valence-electron chi connectivity index (χ1n) is 2.82. The van der Waals surface area contributed by atoms with Gasteiger partial charge in [-0.15, -0.1) is 0 Å². The molecule has 0 saturated carbocycles. The Labute approximate surface area is 53.4 Å². The first kappa shape index (κ1) is 6.51. The van der Waals surface area contributed by atoms with Crippen LogP contribution in [0.25, 0.3) is 0 Å². The molecule has 9 heavy (non-hydrogen) atoms. The quantitative estimate of drug-likeness (QED) is 0.455. The third kappa shape index (κ3) is 1.04. The lowest BCUT2D eigenvalue weighted by molar-refractivity contribution is -0.120. The van der Waals surface area contributed by atoms with Gasteiger partial charge in [0.2, 0.25) is 6.41 Å². The number of hydrogen-bond acceptors (Lipinski definition) is 3. The zero-order valence-electron chi connectivity index (χ0n) is 5.09. The van der Waals surface area contributed by atoms with E-state index in [2.05, 4.69) is 5.32 Å². The van der Waals surface area contributed by atoms with Crippen molar-refractivity contribution in [2.45, 2.75) is 5.54 Å². The van der Waals surface area contributed by atoms with Crippen LogP contribution in [0, 0.1) is 0 Å². The molecule has 1 amide bonds. The van der Waals surface area contributed by atoms with E-state index in [1.165, 1.54) is 0 Å². The summed E-state index contributed by atoms with van der Waals surface area (Å²) in [5, 5.41) is 2.61. The van der Waals surface area contributed by atoms with Crippen molar-refractivity contribution in [2.75, 3.05) is 19.8 Å². The molecule has 1 fully saturated rings. The second-order valence-corrected chi connectivity index (χ2v) is 2.24. The molecular formula is C5H10N2O2. The predicted octanol–water partition coefficient (Wildman–Crippen LogP) is -1.54. The van der Waals surface area contributed by atoms with E-state index >= 15 is 0 Å². The Bertz CT molecular complexity index is 106. The molecule has 0 unspecified atom stereocenters. The Morgan fingerprint density at radius 2 is 2.44 bits per heavy atom. The minimum absolute atomic E-state index is 0.248. The van der Waals surface area contributed by atoms with Gasteiger partial charge in [-0.05, 0) is 0 Å². The molecule has 0 aromatic carbocycles. The smallest absolute Gasteiger partial charge is 0.207 e. The van der Waals surface area contributed by atoms with Gasteiger partial charge in [-0.1, -0.05) is 0 Å². The summed E-state index contributed by atoms with van der Waals surface area (Å²) < 4.78 is 4.88. The van der Waals surface area contributed by atoms with E-state index in [1.807, 2.05) is 0 Å². The summed E-state index contributed by atoms with van der Waals surface area (Å²) in [4.78, 5) is 9.95. The number of nitrogens with one attached hydrogen (secondary N) is 1. The summed E-state index contributed by atoms with van der Waals surface area (Å²) >= 11 is 0. The van der Waals surface area contributed by atoms with Crippen LogP contribution in [0.4, 0.5) is 0 Å². The van der Waals surface area contributed by atoms with Crippen LogP contribution in [-0.4, -0.2) is 31.7 Å². The molecule has 0 atom stereocenters. The van der Waals surface area contributed by atoms with E-state index in [9.17, 15) is 4.79 Å². The lowest BCUT2D eigenvalue weighted by Crippen LogP contribution is -2.64. The Kier molecular flexibility index (Phi) is 1.68. The van der Waals surface area contributed by atoms with Crippen molar-refractivity contribution in [3.8, 4) is 0 Å². The van der Waals surface area contributed by atoms with Gasteiger partial charge in [0.05, 0.1) is 18.8 Å². The maximum Gasteiger partial charge on any atom is 0.207 e. The lowest BCUT2D eigenvalue weighted by atomic mass is 9.99. The number of hydrogen-bond donors (Lipinski definition) is 2. The summed E-state index contributed by atoms with van der Waals surface area (Å²) in [5.74, 6) is 0. The van der Waals surface area contributed by atoms with Crippen LogP contribution >= 0.6 is 0 Å². The largest absolute Gasteiger partial charge is 0.376 e. The molecular weight excluding hydrogens is 120 g/mol. The van der Waals surface area contributed by atoms with Gasteiger partial charge < -0.3 is 15.8 Å². The molecule has 3 N–H and O–H groups in total. The summed E-state index contributed by atoms with van der Waals surface area (Å²) in [7, 11) is 0. The maximum atomic E-state index is 9.95. The van der Waals surface area contributed by atoms with Gasteiger partial charge in [0.25, 0.3) is 0 Å². The third-order valence-electron chi connectivity index (χ3n) is 1.51. The molecule has 0 spiro atoms. The molecule has 0 aromatic heterocycles. The van der Waals surface area contributed by atoms with Crippen LogP contribution < -0.4 is 11.1 Å². The topological polar surface area (TPSA) is 64.3 Å². The van der Waals surface area contributed by atoms with Gasteiger partial charge in [-0.25, -0.2) is 0 Å². The molecule has 4 nitrogen and oxygen atoms in total. The van der Waals surface area contributed by atoms with Gasteiger partial charge in [-0.2, -0.15) is 0 Å². The van der Waals surface area contributed by atoms with Crippen molar-refractivity contribution in [3.63, 3.8) is 0 Å². The van der Waals surface area contributed by atoms with Crippen molar-refractivity contribution in [1.82, 2.24) is 5.32 Å². The summed E-state index contributed by atoms with van der Waals surface area (Å²) in [6, 6.07) is 0. The highest BCUT2D eigenvalue weighted by molar-refractivity contribution is 5.48. The Balaban J connectivity index is 2.36. The number of amides is 1. The number of carbonyl (C=O) groups is 1. The second-order valence-electron chi connectivity index (χ2n) is 2.24. The fourth-order valence-electron chi connectivity index (χ4n) is 0.734. The van der Waals surface area contributed by atoms with Gasteiger partial charge in [-0.3, -0.25) is 4.79 Å². The first-order valence-corrected chi connectivity index (χ1v) is 2.82. The fraction of sp³-hybridized carbons (Fsp3) is 0.800. The van der Waals surface area contributed by atoms with E-state index in [4.69, 9.17) is 10.5 Å². The number of rotatable bonds is 3. The number of nitrogens with two attached hydrogens (primary N) is 1. The zero-order valence-corrected chi connectivity index (χ0v) is 5.09. The molecule has 1 rings (SSSR count). The molecule has 52 valence electrons. The highest BCUT2D eigenvalue weighted by Gasteiger charge is 2.36. The van der Waals surface area contributed by atoms with Gasteiger partial charge in [0, 0.05) is 6.54 Å². The fourth-order valence-corrected chi connectivity index (χ4v) is 0.734. The van der Waals surface area contributed by atoms with E-state index in [-0.39, 0.29) is 5.54 Å². The highest BCUT2D eigenvalue weighted by Crippen LogP contribution is 2.13. The van der Waals surface area contributed by atoms with Gasteiger partial charge in [0.15, 0.2) is 0 Å². The number of carbonyl (C=O) groups excluding carboxylic acids is 1. The first-order chi connectivity index (χ1) is 4.33. The molecule has 0 bridgehead atoms. The van der Waals surface area contributed by atoms with Gasteiger partial charge in [0.1, 0.15) is 0 Å². The van der Waals surface area contributed by atoms with Crippen molar-refractivity contribution >= 4 is 6.41 Å². The minimum atomic E-state index is -0.248. The Morgan fingerprint density at radius 1 is 1.78 bits per heavy atom. The van der Waals surface area contributed by atoms with Crippen LogP contribution in [0.1, 0.15) is 0 Å². The van der Waals surface area contributed by atoms with Crippen molar-refractivity contribution < 1.29 is 9.53 Å². The summed E-state index contributed by atoms with van der Waals surface area (Å²) in [6.45, 7) is 1.54. The van der Waals surface area contributed by atoms with E-state index in [1.54, 1.807) is 0 Å². The zero-order chi connectivity index (χ0) is 6.74. The average Bonchev–Trinajstić information content (AvgIpc) is 1.79. The molecule has 0 aliphatic carbocycles. The van der Waals surface area contributed by atoms with E-state index in [0.29, 0.717) is 26.2 Å². The van der Waals surface area contributed by atoms with Gasteiger partial charge >= 0.3 is 0 Å². The van der Waals surface area contributed by atoms with Crippen molar-refractivity contribution in [1.29, 1.82) is 0 Å². The molecule has 1 aliphatic heterocycles. The third-order valence-corrected chi connectivity index (χ3v) is 1.51. The summed E-state index contributed by atoms with van der Waals surface area (Å²) in [5.41, 5.74) is 5.11. The maximum absolute atomic E-state index is 9.95. The van der Waals surface area contributed by atoms with Crippen LogP contribution in [0.3, 0.4) is 0 Å². The number of ether oxygens (including phenoxy) is 1. The SMILES string of the molecule is NCC1(NC=O)COC1. The van der Waals surface area contributed by atoms with E-state index in [0.717, 1.165) is 0 Å². The summed E-state index contributed by atoms with van der Waals surface area (Å²) in [6.07, 6.45) is 0.662. The predicted molar refractivity (Wildman–Crippen MR) is 31.8 cm³/mol. The molecule has 0 radical (unpaired) electrons. The molecule has 4 heteroatoms. The Hall–Kier alpha value is -0.610. The second kappa shape index (κ2) is 2.33. The molecule has 1 heterocycles. The van der Waals surface area contributed by atoms with Crippen LogP contribution in [0.15, 0.2) is 0 Å². The average molecular weight is 130 g/mol. The monoisotopic (exact) mass is 130 g/mol. The van der Waals surface area contributed by atoms with Crippen molar-refractivity contribution in [3.05, 3.63) is 0 Å². The molecule has 0 aromatic rings. The molecule has 1 saturated heterocycles. The minimum Gasteiger partial charge on any atom is -0.376 e. The highest BCUT2D eigenvalue weighted by atomic mass is 16.5. The van der Waals surface area contributed by atoms with Crippen LogP contribution in [0.2, 0.25) is 0 Å². The molecule has 1 aliphatic rings.